The van der Waals surface area contributed by atoms with Gasteiger partial charge in [0, 0.05) is 5.56 Å². The Labute approximate surface area is 201 Å². The molecule has 0 heterocycles. The summed E-state index contributed by atoms with van der Waals surface area (Å²) in [5.41, 5.74) is 4.87. The first-order chi connectivity index (χ1) is 16.2. The van der Waals surface area contributed by atoms with Crippen LogP contribution in [0.1, 0.15) is 83.6 Å². The molecule has 0 amide bonds. The lowest BCUT2D eigenvalue weighted by molar-refractivity contribution is 0.187. The van der Waals surface area contributed by atoms with Gasteiger partial charge in [0.2, 0.25) is 0 Å². The van der Waals surface area contributed by atoms with E-state index >= 15 is 0 Å². The fraction of sp³-hybridized carbons (Fsp3) is 0.500. The molecule has 1 saturated carbocycles. The number of hydrogen-bond donors (Lipinski definition) is 0. The third-order valence-corrected chi connectivity index (χ3v) is 7.62. The van der Waals surface area contributed by atoms with Crippen LogP contribution in [-0.2, 0) is 0 Å². The Balaban J connectivity index is 1.29. The first-order valence-corrected chi connectivity index (χ1v) is 13.3. The van der Waals surface area contributed by atoms with Crippen molar-refractivity contribution in [3.8, 4) is 28.7 Å². The van der Waals surface area contributed by atoms with E-state index in [0.29, 0.717) is 0 Å². The fourth-order valence-corrected chi connectivity index (χ4v) is 5.61. The summed E-state index contributed by atoms with van der Waals surface area (Å²) in [6, 6.07) is 17.0. The minimum atomic E-state index is 0.768. The van der Waals surface area contributed by atoms with Gasteiger partial charge in [-0.05, 0) is 97.2 Å². The van der Waals surface area contributed by atoms with E-state index in [1.807, 2.05) is 0 Å². The smallest absolute Gasteiger partial charge is 0.119 e. The molecule has 2 aliphatic carbocycles. The third kappa shape index (κ3) is 6.77. The third-order valence-electron chi connectivity index (χ3n) is 7.62. The van der Waals surface area contributed by atoms with Crippen molar-refractivity contribution in [2.24, 2.45) is 17.8 Å². The van der Waals surface area contributed by atoms with Crippen LogP contribution in [0, 0.1) is 29.6 Å². The zero-order valence-corrected chi connectivity index (χ0v) is 20.6. The van der Waals surface area contributed by atoms with Gasteiger partial charge in [0.15, 0.2) is 0 Å². The molecule has 0 spiro atoms. The Hall–Kier alpha value is -2.46. The number of benzene rings is 2. The average molecular weight is 441 g/mol. The highest BCUT2D eigenvalue weighted by molar-refractivity contribution is 5.65. The summed E-state index contributed by atoms with van der Waals surface area (Å²) in [6.45, 7) is 5.22. The quantitative estimate of drug-likeness (QED) is 0.391. The summed E-state index contributed by atoms with van der Waals surface area (Å²) in [7, 11) is 0. The van der Waals surface area contributed by atoms with E-state index in [0.717, 1.165) is 48.5 Å². The Morgan fingerprint density at radius 3 is 2.06 bits per heavy atom. The maximum absolute atomic E-state index is 5.69. The van der Waals surface area contributed by atoms with Gasteiger partial charge in [0.05, 0.1) is 6.61 Å². The number of ether oxygens (including phenoxy) is 1. The number of rotatable bonds is 7. The van der Waals surface area contributed by atoms with Crippen LogP contribution >= 0.6 is 0 Å². The molecule has 0 N–H and O–H groups in total. The molecular formula is C32H40O. The topological polar surface area (TPSA) is 9.23 Å². The maximum atomic E-state index is 5.69. The van der Waals surface area contributed by atoms with Crippen LogP contribution in [-0.4, -0.2) is 6.61 Å². The van der Waals surface area contributed by atoms with E-state index in [-0.39, 0.29) is 0 Å². The highest BCUT2D eigenvalue weighted by Crippen LogP contribution is 2.40. The Morgan fingerprint density at radius 1 is 0.758 bits per heavy atom. The largest absolute Gasteiger partial charge is 0.494 e. The fourth-order valence-electron chi connectivity index (χ4n) is 5.61. The summed E-state index contributed by atoms with van der Waals surface area (Å²) >= 11 is 0. The van der Waals surface area contributed by atoms with Crippen molar-refractivity contribution in [1.82, 2.24) is 0 Å². The normalized spacial score (nSPS) is 22.7. The van der Waals surface area contributed by atoms with Gasteiger partial charge in [0.1, 0.15) is 5.75 Å². The van der Waals surface area contributed by atoms with Gasteiger partial charge in [0.25, 0.3) is 0 Å². The maximum Gasteiger partial charge on any atom is 0.119 e. The van der Waals surface area contributed by atoms with Crippen LogP contribution in [0.2, 0.25) is 0 Å². The van der Waals surface area contributed by atoms with Crippen LogP contribution in [0.3, 0.4) is 0 Å². The minimum absolute atomic E-state index is 0.768. The first-order valence-electron chi connectivity index (χ1n) is 13.3. The predicted octanol–water partition coefficient (Wildman–Crippen LogP) is 8.83. The standard InChI is InChI=1S/C32H40O/c1-3-5-25-8-14-28(15-9-25)29-16-10-26(11-17-29)6-7-27-12-18-30(19-13-27)31-20-22-32(23-21-31)33-24-4-2/h10,12-13,18-23,25,28-29H,3-5,8-9,11,14-17,24H2,1-2H3. The lowest BCUT2D eigenvalue weighted by atomic mass is 9.71. The molecule has 0 aliphatic heterocycles. The van der Waals surface area contributed by atoms with Crippen molar-refractivity contribution in [3.05, 3.63) is 65.7 Å². The SMILES string of the molecule is CCCOc1ccc(-c2ccc(C#CC3=CCC(C4CCC(CCC)CC4)CC3)cc2)cc1. The lowest BCUT2D eigenvalue weighted by Crippen LogP contribution is -2.23. The molecule has 1 unspecified atom stereocenters. The number of allylic oxidation sites excluding steroid dienone is 2. The summed E-state index contributed by atoms with van der Waals surface area (Å²) in [5, 5.41) is 0. The molecule has 33 heavy (non-hydrogen) atoms. The van der Waals surface area contributed by atoms with E-state index in [1.54, 1.807) is 0 Å². The molecule has 1 heteroatoms. The Bertz CT molecular complexity index is 946. The van der Waals surface area contributed by atoms with Crippen molar-refractivity contribution in [3.63, 3.8) is 0 Å². The minimum Gasteiger partial charge on any atom is -0.494 e. The van der Waals surface area contributed by atoms with E-state index in [2.05, 4.69) is 80.3 Å². The van der Waals surface area contributed by atoms with Crippen LogP contribution in [0.4, 0.5) is 0 Å². The van der Waals surface area contributed by atoms with E-state index < -0.39 is 0 Å². The van der Waals surface area contributed by atoms with Crippen molar-refractivity contribution in [2.45, 2.75) is 78.1 Å². The highest BCUT2D eigenvalue weighted by atomic mass is 16.5. The molecule has 2 aliphatic rings. The van der Waals surface area contributed by atoms with Gasteiger partial charge < -0.3 is 4.74 Å². The molecule has 1 nitrogen and oxygen atoms in total. The molecular weight excluding hydrogens is 400 g/mol. The molecule has 174 valence electrons. The molecule has 0 saturated heterocycles. The zero-order valence-electron chi connectivity index (χ0n) is 20.6. The van der Waals surface area contributed by atoms with Gasteiger partial charge in [-0.1, -0.05) is 81.7 Å². The second-order valence-electron chi connectivity index (χ2n) is 10.0. The second kappa shape index (κ2) is 12.1. The summed E-state index contributed by atoms with van der Waals surface area (Å²) in [4.78, 5) is 0. The van der Waals surface area contributed by atoms with Crippen LogP contribution < -0.4 is 4.74 Å². The summed E-state index contributed by atoms with van der Waals surface area (Å²) in [6.07, 6.45) is 15.9. The van der Waals surface area contributed by atoms with Gasteiger partial charge in [-0.25, -0.2) is 0 Å². The van der Waals surface area contributed by atoms with Crippen LogP contribution in [0.5, 0.6) is 5.75 Å². The van der Waals surface area contributed by atoms with Gasteiger partial charge >= 0.3 is 0 Å². The average Bonchev–Trinajstić information content (AvgIpc) is 2.88. The summed E-state index contributed by atoms with van der Waals surface area (Å²) < 4.78 is 5.69. The second-order valence-corrected chi connectivity index (χ2v) is 10.0. The first kappa shape index (κ1) is 23.7. The van der Waals surface area contributed by atoms with Crippen molar-refractivity contribution in [1.29, 1.82) is 0 Å². The Morgan fingerprint density at radius 2 is 1.45 bits per heavy atom. The van der Waals surface area contributed by atoms with Gasteiger partial charge in [-0.3, -0.25) is 0 Å². The summed E-state index contributed by atoms with van der Waals surface area (Å²) in [5.74, 6) is 10.7. The molecule has 4 rings (SSSR count). The zero-order chi connectivity index (χ0) is 22.9. The van der Waals surface area contributed by atoms with Crippen molar-refractivity contribution >= 4 is 0 Å². The Kier molecular flexibility index (Phi) is 8.71. The molecule has 2 aromatic rings. The predicted molar refractivity (Wildman–Crippen MR) is 140 cm³/mol. The van der Waals surface area contributed by atoms with Crippen LogP contribution in [0.25, 0.3) is 11.1 Å². The molecule has 2 aromatic carbocycles. The van der Waals surface area contributed by atoms with E-state index in [9.17, 15) is 0 Å². The van der Waals surface area contributed by atoms with Crippen molar-refractivity contribution < 1.29 is 4.74 Å². The van der Waals surface area contributed by atoms with E-state index in [1.165, 1.54) is 68.1 Å². The number of hydrogen-bond acceptors (Lipinski definition) is 1. The molecule has 1 atom stereocenters. The molecule has 0 bridgehead atoms. The lowest BCUT2D eigenvalue weighted by Gasteiger charge is -2.35. The van der Waals surface area contributed by atoms with Gasteiger partial charge in [-0.15, -0.1) is 0 Å². The molecule has 0 aromatic heterocycles. The van der Waals surface area contributed by atoms with E-state index in [4.69, 9.17) is 4.74 Å². The highest BCUT2D eigenvalue weighted by Gasteiger charge is 2.28. The monoisotopic (exact) mass is 440 g/mol. The molecule has 0 radical (unpaired) electrons. The van der Waals surface area contributed by atoms with Crippen molar-refractivity contribution in [2.75, 3.05) is 6.61 Å². The van der Waals surface area contributed by atoms with Gasteiger partial charge in [-0.2, -0.15) is 0 Å². The molecule has 1 fully saturated rings. The van der Waals surface area contributed by atoms with Crippen LogP contribution in [0.15, 0.2) is 60.2 Å².